The zero-order valence-corrected chi connectivity index (χ0v) is 20.2. The number of hydrogen-bond acceptors (Lipinski definition) is 3. The van der Waals surface area contributed by atoms with Crippen LogP contribution in [0.3, 0.4) is 0 Å². The fourth-order valence-electron chi connectivity index (χ4n) is 6.44. The van der Waals surface area contributed by atoms with Crippen molar-refractivity contribution in [3.63, 3.8) is 0 Å². The minimum Gasteiger partial charge on any atom is -0.343 e. The van der Waals surface area contributed by atoms with E-state index in [9.17, 15) is 22.8 Å². The molecule has 192 valence electrons. The van der Waals surface area contributed by atoms with Gasteiger partial charge in [0, 0.05) is 36.8 Å². The quantitative estimate of drug-likeness (QED) is 0.641. The summed E-state index contributed by atoms with van der Waals surface area (Å²) in [6, 6.07) is 16.0. The lowest BCUT2D eigenvalue weighted by atomic mass is 9.81. The number of halogens is 3. The molecule has 1 saturated carbocycles. The lowest BCUT2D eigenvalue weighted by Gasteiger charge is -2.37. The van der Waals surface area contributed by atoms with E-state index in [-0.39, 0.29) is 24.1 Å². The number of hydrogen-bond donors (Lipinski definition) is 1. The third-order valence-electron chi connectivity index (χ3n) is 8.23. The Morgan fingerprint density at radius 1 is 0.861 bits per heavy atom. The third-order valence-corrected chi connectivity index (χ3v) is 8.23. The zero-order chi connectivity index (χ0) is 25.3. The molecule has 2 heterocycles. The fourth-order valence-corrected chi connectivity index (χ4v) is 6.44. The summed E-state index contributed by atoms with van der Waals surface area (Å²) in [7, 11) is 0. The highest BCUT2D eigenvalue weighted by atomic mass is 19.4. The van der Waals surface area contributed by atoms with Crippen molar-refractivity contribution in [2.75, 3.05) is 19.6 Å². The van der Waals surface area contributed by atoms with Crippen LogP contribution in [0.5, 0.6) is 0 Å². The summed E-state index contributed by atoms with van der Waals surface area (Å²) in [4.78, 5) is 29.8. The van der Waals surface area contributed by atoms with E-state index in [2.05, 4.69) is 40.5 Å². The first kappa shape index (κ1) is 24.8. The summed E-state index contributed by atoms with van der Waals surface area (Å²) in [6.45, 7) is 1.43. The molecule has 36 heavy (non-hydrogen) atoms. The number of amides is 2. The Bertz CT molecular complexity index is 1080. The molecule has 2 aliphatic heterocycles. The summed E-state index contributed by atoms with van der Waals surface area (Å²) in [5.41, 5.74) is 0.447. The van der Waals surface area contributed by atoms with Gasteiger partial charge in [-0.05, 0) is 68.2 Å². The highest BCUT2D eigenvalue weighted by molar-refractivity contribution is 5.96. The number of rotatable bonds is 5. The number of likely N-dealkylation sites (tertiary alicyclic amines) is 2. The van der Waals surface area contributed by atoms with E-state index < -0.39 is 17.6 Å². The molecule has 0 spiro atoms. The van der Waals surface area contributed by atoms with Crippen LogP contribution in [-0.2, 0) is 11.0 Å². The van der Waals surface area contributed by atoms with Gasteiger partial charge >= 0.3 is 6.18 Å². The Morgan fingerprint density at radius 3 is 2.31 bits per heavy atom. The number of alkyl halides is 3. The van der Waals surface area contributed by atoms with Crippen molar-refractivity contribution in [3.8, 4) is 0 Å². The van der Waals surface area contributed by atoms with Crippen molar-refractivity contribution in [2.24, 2.45) is 0 Å². The minimum atomic E-state index is -4.52. The van der Waals surface area contributed by atoms with E-state index in [0.717, 1.165) is 31.5 Å². The minimum absolute atomic E-state index is 0.102. The summed E-state index contributed by atoms with van der Waals surface area (Å²) in [5, 5.41) is 2.52. The van der Waals surface area contributed by atoms with Crippen molar-refractivity contribution in [2.45, 2.75) is 68.7 Å². The smallest absolute Gasteiger partial charge is 0.343 e. The summed E-state index contributed by atoms with van der Waals surface area (Å²) < 4.78 is 38.8. The largest absolute Gasteiger partial charge is 0.416 e. The van der Waals surface area contributed by atoms with Crippen molar-refractivity contribution in [3.05, 3.63) is 71.3 Å². The molecule has 5 nitrogen and oxygen atoms in total. The van der Waals surface area contributed by atoms with Crippen LogP contribution >= 0.6 is 0 Å². The average molecular weight is 500 g/mol. The van der Waals surface area contributed by atoms with Crippen LogP contribution in [-0.4, -0.2) is 59.4 Å². The van der Waals surface area contributed by atoms with Gasteiger partial charge in [-0.15, -0.1) is 0 Å². The summed E-state index contributed by atoms with van der Waals surface area (Å²) in [6.07, 6.45) is 2.05. The van der Waals surface area contributed by atoms with Crippen LogP contribution in [0.1, 0.15) is 65.9 Å². The van der Waals surface area contributed by atoms with Gasteiger partial charge in [-0.3, -0.25) is 14.5 Å². The maximum absolute atomic E-state index is 12.9. The Kier molecular flexibility index (Phi) is 7.06. The number of carbonyl (C=O) groups excluding carboxylic acids is 2. The topological polar surface area (TPSA) is 52.7 Å². The van der Waals surface area contributed by atoms with Gasteiger partial charge in [0.2, 0.25) is 5.91 Å². The normalized spacial score (nSPS) is 26.6. The number of nitrogens with zero attached hydrogens (tertiary/aromatic N) is 2. The van der Waals surface area contributed by atoms with Gasteiger partial charge < -0.3 is 10.2 Å². The molecule has 2 aromatic rings. The number of nitrogens with one attached hydrogen (secondary N) is 1. The second-order valence-corrected chi connectivity index (χ2v) is 10.2. The highest BCUT2D eigenvalue weighted by Crippen LogP contribution is 2.40. The predicted molar refractivity (Wildman–Crippen MR) is 130 cm³/mol. The van der Waals surface area contributed by atoms with E-state index in [1.54, 1.807) is 0 Å². The van der Waals surface area contributed by atoms with Gasteiger partial charge in [0.25, 0.3) is 5.91 Å². The monoisotopic (exact) mass is 499 g/mol. The molecule has 1 N–H and O–H groups in total. The standard InChI is InChI=1S/C28H32F3N3O2/c29-28(30,31)22-8-4-7-21(17-22)27(36)32-18-26(35)34-16-14-24-25(34)13-15-33(24)23-11-9-20(10-12-23)19-5-2-1-3-6-19/h1-8,17,20,23-25H,9-16,18H2,(H,32,36). The van der Waals surface area contributed by atoms with Gasteiger partial charge in [0.1, 0.15) is 0 Å². The molecule has 0 aromatic heterocycles. The zero-order valence-electron chi connectivity index (χ0n) is 20.2. The molecule has 5 rings (SSSR count). The lowest BCUT2D eigenvalue weighted by molar-refractivity contribution is -0.137. The first-order valence-electron chi connectivity index (χ1n) is 12.9. The molecule has 2 aromatic carbocycles. The van der Waals surface area contributed by atoms with Crippen LogP contribution in [0, 0.1) is 0 Å². The SMILES string of the molecule is O=C(NCC(=O)N1CCC2C1CCN2C1CCC(c2ccccc2)CC1)c1cccc(C(F)(F)F)c1. The van der Waals surface area contributed by atoms with Crippen LogP contribution < -0.4 is 5.32 Å². The first-order valence-corrected chi connectivity index (χ1v) is 12.9. The van der Waals surface area contributed by atoms with E-state index in [0.29, 0.717) is 24.5 Å². The lowest BCUT2D eigenvalue weighted by Crippen LogP contribution is -2.46. The average Bonchev–Trinajstić information content (AvgIpc) is 3.50. The molecule has 2 unspecified atom stereocenters. The molecule has 0 bridgehead atoms. The molecular formula is C28H32F3N3O2. The van der Waals surface area contributed by atoms with Crippen LogP contribution in [0.2, 0.25) is 0 Å². The van der Waals surface area contributed by atoms with Crippen molar-refractivity contribution >= 4 is 11.8 Å². The van der Waals surface area contributed by atoms with Gasteiger partial charge in [0.15, 0.2) is 0 Å². The molecule has 8 heteroatoms. The molecule has 0 radical (unpaired) electrons. The van der Waals surface area contributed by atoms with E-state index in [1.807, 2.05) is 4.90 Å². The number of fused-ring (bicyclic) bond motifs is 1. The van der Waals surface area contributed by atoms with Crippen molar-refractivity contribution < 1.29 is 22.8 Å². The van der Waals surface area contributed by atoms with Crippen LogP contribution in [0.4, 0.5) is 13.2 Å². The summed E-state index contributed by atoms with van der Waals surface area (Å²) >= 11 is 0. The van der Waals surface area contributed by atoms with Crippen LogP contribution in [0.15, 0.2) is 54.6 Å². The maximum Gasteiger partial charge on any atom is 0.416 e. The van der Waals surface area contributed by atoms with Crippen LogP contribution in [0.25, 0.3) is 0 Å². The third kappa shape index (κ3) is 5.14. The van der Waals surface area contributed by atoms with E-state index >= 15 is 0 Å². The number of carbonyl (C=O) groups is 2. The molecule has 2 saturated heterocycles. The molecule has 2 atom stereocenters. The predicted octanol–water partition coefficient (Wildman–Crippen LogP) is 4.84. The first-order chi connectivity index (χ1) is 17.3. The van der Waals surface area contributed by atoms with E-state index in [1.165, 1.54) is 43.4 Å². The van der Waals surface area contributed by atoms with Gasteiger partial charge in [-0.2, -0.15) is 13.2 Å². The molecule has 2 amide bonds. The van der Waals surface area contributed by atoms with Crippen molar-refractivity contribution in [1.29, 1.82) is 0 Å². The highest BCUT2D eigenvalue weighted by Gasteiger charge is 2.46. The Labute approximate surface area is 209 Å². The molecule has 3 fully saturated rings. The maximum atomic E-state index is 12.9. The van der Waals surface area contributed by atoms with Gasteiger partial charge in [-0.1, -0.05) is 36.4 Å². The molecule has 1 aliphatic carbocycles. The Balaban J connectivity index is 1.13. The van der Waals surface area contributed by atoms with Gasteiger partial charge in [0.05, 0.1) is 12.1 Å². The Hall–Kier alpha value is -2.87. The van der Waals surface area contributed by atoms with Crippen molar-refractivity contribution in [1.82, 2.24) is 15.1 Å². The molecular weight excluding hydrogens is 467 g/mol. The van der Waals surface area contributed by atoms with Gasteiger partial charge in [-0.25, -0.2) is 0 Å². The molecule has 3 aliphatic rings. The second kappa shape index (κ2) is 10.2. The Morgan fingerprint density at radius 2 is 1.58 bits per heavy atom. The second-order valence-electron chi connectivity index (χ2n) is 10.2. The summed E-state index contributed by atoms with van der Waals surface area (Å²) in [5.74, 6) is -0.214. The fraction of sp³-hybridized carbons (Fsp3) is 0.500. The number of benzene rings is 2. The van der Waals surface area contributed by atoms with E-state index in [4.69, 9.17) is 0 Å².